The quantitative estimate of drug-likeness (QED) is 0.168. The summed E-state index contributed by atoms with van der Waals surface area (Å²) in [6.45, 7) is 4.74. The lowest BCUT2D eigenvalue weighted by molar-refractivity contribution is 0.660. The lowest BCUT2D eigenvalue weighted by Crippen LogP contribution is -2.29. The predicted molar refractivity (Wildman–Crippen MR) is 227 cm³/mol. The van der Waals surface area contributed by atoms with Crippen molar-refractivity contribution in [2.75, 3.05) is 4.90 Å². The monoisotopic (exact) mass is 691 g/mol. The Labute approximate surface area is 318 Å². The van der Waals surface area contributed by atoms with Crippen molar-refractivity contribution in [2.45, 2.75) is 31.1 Å². The van der Waals surface area contributed by atoms with Crippen LogP contribution in [0.25, 0.3) is 33.4 Å². The van der Waals surface area contributed by atoms with Crippen LogP contribution in [0.4, 0.5) is 17.1 Å². The average Bonchev–Trinajstić information content (AvgIpc) is 3.44. The van der Waals surface area contributed by atoms with Crippen molar-refractivity contribution >= 4 is 17.1 Å². The van der Waals surface area contributed by atoms with E-state index in [1.165, 1.54) is 66.8 Å². The van der Waals surface area contributed by atoms with Gasteiger partial charge in [0.25, 0.3) is 0 Å². The molecule has 7 aromatic carbocycles. The van der Waals surface area contributed by atoms with Crippen molar-refractivity contribution in [1.29, 1.82) is 0 Å². The van der Waals surface area contributed by atoms with Gasteiger partial charge in [-0.15, -0.1) is 0 Å². The Kier molecular flexibility index (Phi) is 7.52. The summed E-state index contributed by atoms with van der Waals surface area (Å²) in [6.07, 6.45) is 12.4. The van der Waals surface area contributed by atoms with E-state index in [9.17, 15) is 0 Å². The summed E-state index contributed by atoms with van der Waals surface area (Å²) >= 11 is 0. The normalized spacial score (nSPS) is 17.2. The zero-order valence-corrected chi connectivity index (χ0v) is 30.7. The SMILES string of the molecule is CC1(C)c2ccccc2-c2ccc(N(c3ccc4c(c3)C(C3=CC=CCC=C3)(c3ccccc3)c3ccccc3-4)c3ccccc3-c3ccccc3)cc21. The maximum atomic E-state index is 2.50. The number of fused-ring (bicyclic) bond motifs is 6. The third-order valence-corrected chi connectivity index (χ3v) is 12.0. The first kappa shape index (κ1) is 32.2. The van der Waals surface area contributed by atoms with Gasteiger partial charge in [-0.1, -0.05) is 184 Å². The van der Waals surface area contributed by atoms with Gasteiger partial charge in [0.1, 0.15) is 0 Å². The molecule has 0 saturated carbocycles. The topological polar surface area (TPSA) is 3.24 Å². The van der Waals surface area contributed by atoms with Crippen LogP contribution in [0.3, 0.4) is 0 Å². The second-order valence-electron chi connectivity index (χ2n) is 15.2. The summed E-state index contributed by atoms with van der Waals surface area (Å²) in [5.41, 5.74) is 18.3. The van der Waals surface area contributed by atoms with Gasteiger partial charge in [0.05, 0.1) is 11.1 Å². The molecule has 3 aliphatic carbocycles. The van der Waals surface area contributed by atoms with Gasteiger partial charge in [-0.2, -0.15) is 0 Å². The molecule has 0 bridgehead atoms. The molecule has 0 saturated heterocycles. The molecule has 0 heterocycles. The van der Waals surface area contributed by atoms with Crippen molar-refractivity contribution in [3.8, 4) is 33.4 Å². The predicted octanol–water partition coefficient (Wildman–Crippen LogP) is 13.9. The summed E-state index contributed by atoms with van der Waals surface area (Å²) in [7, 11) is 0. The fourth-order valence-electron chi connectivity index (χ4n) is 9.50. The zero-order valence-electron chi connectivity index (χ0n) is 30.7. The van der Waals surface area contributed by atoms with Crippen LogP contribution >= 0.6 is 0 Å². The third-order valence-electron chi connectivity index (χ3n) is 12.0. The van der Waals surface area contributed by atoms with E-state index in [1.54, 1.807) is 0 Å². The van der Waals surface area contributed by atoms with E-state index >= 15 is 0 Å². The van der Waals surface area contributed by atoms with Gasteiger partial charge in [-0.3, -0.25) is 0 Å². The van der Waals surface area contributed by atoms with Crippen LogP contribution in [0.1, 0.15) is 48.1 Å². The first-order valence-electron chi connectivity index (χ1n) is 19.1. The van der Waals surface area contributed by atoms with Crippen LogP contribution in [0.15, 0.2) is 206 Å². The van der Waals surface area contributed by atoms with Crippen LogP contribution in [0.5, 0.6) is 0 Å². The standard InChI is InChI=1S/C53H41N/c1-52(2)47-28-16-13-26-43(47)45-33-31-40(35-49(45)52)54(51-30-18-15-25-42(51)37-19-7-5-8-20-37)41-32-34-46-44-27-14-17-29-48(44)53(50(46)36-41,39-23-11-6-12-24-39)38-21-9-3-4-10-22-38/h3,5-36H,4H2,1-2H3. The van der Waals surface area contributed by atoms with Crippen LogP contribution in [0, 0.1) is 0 Å². The summed E-state index contributed by atoms with van der Waals surface area (Å²) in [5, 5.41) is 0. The number of para-hydroxylation sites is 1. The van der Waals surface area contributed by atoms with Crippen molar-refractivity contribution in [3.63, 3.8) is 0 Å². The Hall–Kier alpha value is -6.44. The third kappa shape index (κ3) is 4.78. The van der Waals surface area contributed by atoms with Gasteiger partial charge >= 0.3 is 0 Å². The number of hydrogen-bond acceptors (Lipinski definition) is 1. The molecule has 0 aliphatic heterocycles. The van der Waals surface area contributed by atoms with Crippen molar-refractivity contribution < 1.29 is 0 Å². The summed E-state index contributed by atoms with van der Waals surface area (Å²) in [5.74, 6) is 0. The smallest absolute Gasteiger partial charge is 0.0714 e. The molecule has 1 nitrogen and oxygen atoms in total. The maximum absolute atomic E-state index is 2.50. The van der Waals surface area contributed by atoms with Crippen molar-refractivity contribution in [2.24, 2.45) is 0 Å². The number of benzene rings is 7. The Morgan fingerprint density at radius 2 is 1.02 bits per heavy atom. The molecule has 1 atom stereocenters. The molecular weight excluding hydrogens is 651 g/mol. The highest BCUT2D eigenvalue weighted by molar-refractivity contribution is 5.94. The molecule has 1 unspecified atom stereocenters. The first-order chi connectivity index (χ1) is 26.6. The van der Waals surface area contributed by atoms with E-state index < -0.39 is 5.41 Å². The number of nitrogens with zero attached hydrogens (tertiary/aromatic N) is 1. The zero-order chi connectivity index (χ0) is 36.3. The van der Waals surface area contributed by atoms with Gasteiger partial charge in [-0.05, 0) is 98.0 Å². The fourth-order valence-corrected chi connectivity index (χ4v) is 9.50. The Morgan fingerprint density at radius 1 is 0.463 bits per heavy atom. The molecule has 10 rings (SSSR count). The van der Waals surface area contributed by atoms with Crippen LogP contribution in [-0.4, -0.2) is 0 Å². The van der Waals surface area contributed by atoms with E-state index in [2.05, 4.69) is 219 Å². The summed E-state index contributed by atoms with van der Waals surface area (Å²) in [4.78, 5) is 2.50. The highest BCUT2D eigenvalue weighted by atomic mass is 15.1. The van der Waals surface area contributed by atoms with Gasteiger partial charge in [0, 0.05) is 22.4 Å². The number of rotatable bonds is 6. The Bertz CT molecular complexity index is 2660. The minimum Gasteiger partial charge on any atom is -0.310 e. The summed E-state index contributed by atoms with van der Waals surface area (Å²) in [6, 6.07) is 63.0. The lowest BCUT2D eigenvalue weighted by atomic mass is 9.67. The van der Waals surface area contributed by atoms with E-state index in [1.807, 2.05) is 0 Å². The van der Waals surface area contributed by atoms with Gasteiger partial charge in [-0.25, -0.2) is 0 Å². The molecule has 0 N–H and O–H groups in total. The minimum atomic E-state index is -0.499. The maximum Gasteiger partial charge on any atom is 0.0714 e. The molecule has 0 aromatic heterocycles. The molecule has 0 radical (unpaired) electrons. The molecule has 0 amide bonds. The first-order valence-corrected chi connectivity index (χ1v) is 19.1. The fraction of sp³-hybridized carbons (Fsp3) is 0.0943. The highest BCUT2D eigenvalue weighted by Crippen LogP contribution is 2.58. The number of allylic oxidation sites excluding steroid dienone is 6. The molecular formula is C53H41N. The Balaban J connectivity index is 1.26. The minimum absolute atomic E-state index is 0.125. The van der Waals surface area contributed by atoms with Gasteiger partial charge < -0.3 is 4.90 Å². The van der Waals surface area contributed by atoms with E-state index in [0.717, 1.165) is 23.5 Å². The van der Waals surface area contributed by atoms with Gasteiger partial charge in [0.2, 0.25) is 0 Å². The number of hydrogen-bond donors (Lipinski definition) is 0. The van der Waals surface area contributed by atoms with Crippen LogP contribution in [-0.2, 0) is 10.8 Å². The molecule has 3 aliphatic rings. The molecule has 258 valence electrons. The average molecular weight is 692 g/mol. The molecule has 7 aromatic rings. The number of anilines is 3. The molecule has 0 spiro atoms. The summed E-state index contributed by atoms with van der Waals surface area (Å²) < 4.78 is 0. The largest absolute Gasteiger partial charge is 0.310 e. The van der Waals surface area contributed by atoms with Crippen LogP contribution < -0.4 is 4.90 Å². The van der Waals surface area contributed by atoms with E-state index in [0.29, 0.717) is 0 Å². The Morgan fingerprint density at radius 3 is 1.76 bits per heavy atom. The second-order valence-corrected chi connectivity index (χ2v) is 15.2. The van der Waals surface area contributed by atoms with E-state index in [4.69, 9.17) is 0 Å². The highest BCUT2D eigenvalue weighted by Gasteiger charge is 2.47. The van der Waals surface area contributed by atoms with Crippen molar-refractivity contribution in [1.82, 2.24) is 0 Å². The van der Waals surface area contributed by atoms with Crippen LogP contribution in [0.2, 0.25) is 0 Å². The molecule has 1 heteroatoms. The lowest BCUT2D eigenvalue weighted by Gasteiger charge is -2.36. The molecule has 0 fully saturated rings. The van der Waals surface area contributed by atoms with Gasteiger partial charge in [0.15, 0.2) is 0 Å². The molecule has 54 heavy (non-hydrogen) atoms. The van der Waals surface area contributed by atoms with E-state index in [-0.39, 0.29) is 5.41 Å². The van der Waals surface area contributed by atoms with Crippen molar-refractivity contribution in [3.05, 3.63) is 234 Å². The second kappa shape index (κ2) is 12.6.